The highest BCUT2D eigenvalue weighted by atomic mass is 19.1. The topological polar surface area (TPSA) is 92.4 Å². The standard InChI is InChI=1S/C17H18F2N2O4/c1-2-3-13(17(23)24)21-15(22)6-7-16-20-9-14(25-16)11-5-4-10(18)8-12(11)19/h4-5,8-9,13H,2-3,6-7H2,1H3,(H,21,22)(H,23,24). The molecule has 1 atom stereocenters. The average Bonchev–Trinajstić information content (AvgIpc) is 3.01. The van der Waals surface area contributed by atoms with E-state index in [0.29, 0.717) is 12.8 Å². The Hall–Kier alpha value is -2.77. The fourth-order valence-corrected chi connectivity index (χ4v) is 2.27. The normalized spacial score (nSPS) is 12.0. The van der Waals surface area contributed by atoms with Crippen LogP contribution in [0.5, 0.6) is 0 Å². The van der Waals surface area contributed by atoms with Crippen molar-refractivity contribution in [2.24, 2.45) is 0 Å². The molecule has 6 nitrogen and oxygen atoms in total. The first kappa shape index (κ1) is 18.6. The van der Waals surface area contributed by atoms with E-state index in [4.69, 9.17) is 9.52 Å². The minimum atomic E-state index is -1.08. The maximum Gasteiger partial charge on any atom is 0.326 e. The first-order valence-corrected chi connectivity index (χ1v) is 7.83. The van der Waals surface area contributed by atoms with E-state index >= 15 is 0 Å². The maximum atomic E-state index is 13.7. The predicted molar refractivity (Wildman–Crippen MR) is 84.7 cm³/mol. The summed E-state index contributed by atoms with van der Waals surface area (Å²) in [6, 6.07) is 2.16. The molecule has 0 fully saturated rings. The van der Waals surface area contributed by atoms with Crippen LogP contribution in [0.4, 0.5) is 8.78 Å². The number of benzene rings is 1. The van der Waals surface area contributed by atoms with Crippen molar-refractivity contribution in [3.63, 3.8) is 0 Å². The number of carboxylic acids is 1. The molecule has 25 heavy (non-hydrogen) atoms. The van der Waals surface area contributed by atoms with Gasteiger partial charge in [-0.3, -0.25) is 4.79 Å². The molecule has 1 amide bonds. The Balaban J connectivity index is 1.95. The number of amides is 1. The van der Waals surface area contributed by atoms with Crippen LogP contribution in [0.25, 0.3) is 11.3 Å². The number of halogens is 2. The number of carboxylic acid groups (broad SMARTS) is 1. The molecule has 0 radical (unpaired) electrons. The van der Waals surface area contributed by atoms with Crippen molar-refractivity contribution in [1.82, 2.24) is 10.3 Å². The van der Waals surface area contributed by atoms with E-state index in [0.717, 1.165) is 12.1 Å². The molecule has 0 spiro atoms. The second kappa shape index (κ2) is 8.36. The maximum absolute atomic E-state index is 13.7. The van der Waals surface area contributed by atoms with E-state index in [1.165, 1.54) is 12.3 Å². The van der Waals surface area contributed by atoms with Crippen molar-refractivity contribution in [1.29, 1.82) is 0 Å². The van der Waals surface area contributed by atoms with E-state index in [1.807, 2.05) is 6.92 Å². The third-order valence-electron chi connectivity index (χ3n) is 3.53. The van der Waals surface area contributed by atoms with E-state index in [2.05, 4.69) is 10.3 Å². The summed E-state index contributed by atoms with van der Waals surface area (Å²) in [4.78, 5) is 26.8. The molecule has 0 bridgehead atoms. The first-order valence-electron chi connectivity index (χ1n) is 7.83. The second-order valence-corrected chi connectivity index (χ2v) is 5.49. The monoisotopic (exact) mass is 352 g/mol. The highest BCUT2D eigenvalue weighted by Crippen LogP contribution is 2.24. The lowest BCUT2D eigenvalue weighted by Crippen LogP contribution is -2.40. The number of nitrogens with one attached hydrogen (secondary N) is 1. The number of oxazole rings is 1. The van der Waals surface area contributed by atoms with Gasteiger partial charge in [-0.05, 0) is 18.6 Å². The number of aliphatic carboxylic acids is 1. The van der Waals surface area contributed by atoms with Crippen molar-refractivity contribution >= 4 is 11.9 Å². The van der Waals surface area contributed by atoms with Gasteiger partial charge in [0.2, 0.25) is 5.91 Å². The molecule has 1 aromatic carbocycles. The zero-order valence-electron chi connectivity index (χ0n) is 13.6. The molecule has 8 heteroatoms. The third-order valence-corrected chi connectivity index (χ3v) is 3.53. The Labute approximate surface area is 142 Å². The molecule has 134 valence electrons. The summed E-state index contributed by atoms with van der Waals surface area (Å²) in [5.74, 6) is -2.66. The molecular weight excluding hydrogens is 334 g/mol. The van der Waals surface area contributed by atoms with Crippen LogP contribution in [0.15, 0.2) is 28.8 Å². The zero-order valence-corrected chi connectivity index (χ0v) is 13.6. The number of nitrogens with zero attached hydrogens (tertiary/aromatic N) is 1. The molecule has 0 saturated carbocycles. The number of carbonyl (C=O) groups excluding carboxylic acids is 1. The number of rotatable bonds is 8. The van der Waals surface area contributed by atoms with E-state index < -0.39 is 29.6 Å². The predicted octanol–water partition coefficient (Wildman–Crippen LogP) is 2.92. The summed E-state index contributed by atoms with van der Waals surface area (Å²) in [5, 5.41) is 11.4. The molecule has 2 aromatic rings. The molecule has 2 rings (SSSR count). The molecule has 0 saturated heterocycles. The Morgan fingerprint density at radius 1 is 1.36 bits per heavy atom. The average molecular weight is 352 g/mol. The van der Waals surface area contributed by atoms with Crippen LogP contribution in [-0.2, 0) is 16.0 Å². The van der Waals surface area contributed by atoms with E-state index in [9.17, 15) is 18.4 Å². The number of carbonyl (C=O) groups is 2. The fraction of sp³-hybridized carbons (Fsp3) is 0.353. The van der Waals surface area contributed by atoms with Gasteiger partial charge in [0.1, 0.15) is 17.7 Å². The summed E-state index contributed by atoms with van der Waals surface area (Å²) in [7, 11) is 0. The lowest BCUT2D eigenvalue weighted by molar-refractivity contribution is -0.142. The SMILES string of the molecule is CCCC(NC(=O)CCc1ncc(-c2ccc(F)cc2F)o1)C(=O)O. The largest absolute Gasteiger partial charge is 0.480 e. The number of aryl methyl sites for hydroxylation is 1. The lowest BCUT2D eigenvalue weighted by atomic mass is 10.1. The number of hydrogen-bond donors (Lipinski definition) is 2. The van der Waals surface area contributed by atoms with E-state index in [-0.39, 0.29) is 30.1 Å². The summed E-state index contributed by atoms with van der Waals surface area (Å²) < 4.78 is 32.0. The van der Waals surface area contributed by atoms with Gasteiger partial charge in [0.05, 0.1) is 11.8 Å². The summed E-state index contributed by atoms with van der Waals surface area (Å²) in [6.45, 7) is 1.82. The molecule has 2 N–H and O–H groups in total. The van der Waals surface area contributed by atoms with Gasteiger partial charge in [-0.2, -0.15) is 0 Å². The van der Waals surface area contributed by atoms with Crippen molar-refractivity contribution in [2.75, 3.05) is 0 Å². The van der Waals surface area contributed by atoms with Crippen LogP contribution in [-0.4, -0.2) is 28.0 Å². The van der Waals surface area contributed by atoms with Crippen LogP contribution in [0.3, 0.4) is 0 Å². The Bertz CT molecular complexity index is 761. The fourth-order valence-electron chi connectivity index (χ4n) is 2.27. The first-order chi connectivity index (χ1) is 11.9. The molecule has 0 aliphatic heterocycles. The van der Waals surface area contributed by atoms with Crippen LogP contribution in [0.1, 0.15) is 32.1 Å². The summed E-state index contributed by atoms with van der Waals surface area (Å²) >= 11 is 0. The third kappa shape index (κ3) is 5.10. The second-order valence-electron chi connectivity index (χ2n) is 5.49. The molecule has 0 aliphatic rings. The Morgan fingerprint density at radius 2 is 2.12 bits per heavy atom. The molecule has 1 unspecified atom stereocenters. The minimum absolute atomic E-state index is 0.0145. The van der Waals surface area contributed by atoms with Crippen LogP contribution in [0.2, 0.25) is 0 Å². The van der Waals surface area contributed by atoms with Gasteiger partial charge in [0.15, 0.2) is 11.7 Å². The summed E-state index contributed by atoms with van der Waals surface area (Å²) in [6.07, 6.45) is 2.38. The minimum Gasteiger partial charge on any atom is -0.480 e. The van der Waals surface area contributed by atoms with Gasteiger partial charge >= 0.3 is 5.97 Å². The van der Waals surface area contributed by atoms with Crippen LogP contribution >= 0.6 is 0 Å². The van der Waals surface area contributed by atoms with Crippen molar-refractivity contribution in [3.8, 4) is 11.3 Å². The Morgan fingerprint density at radius 3 is 2.76 bits per heavy atom. The van der Waals surface area contributed by atoms with Gasteiger partial charge in [-0.1, -0.05) is 13.3 Å². The van der Waals surface area contributed by atoms with Gasteiger partial charge < -0.3 is 14.8 Å². The molecule has 0 aliphatic carbocycles. The van der Waals surface area contributed by atoms with Crippen LogP contribution in [0, 0.1) is 11.6 Å². The molecular formula is C17H18F2N2O4. The highest BCUT2D eigenvalue weighted by Gasteiger charge is 2.19. The molecule has 1 aromatic heterocycles. The van der Waals surface area contributed by atoms with Gasteiger partial charge in [-0.15, -0.1) is 0 Å². The molecule has 1 heterocycles. The van der Waals surface area contributed by atoms with E-state index in [1.54, 1.807) is 0 Å². The zero-order chi connectivity index (χ0) is 18.4. The smallest absolute Gasteiger partial charge is 0.326 e. The lowest BCUT2D eigenvalue weighted by Gasteiger charge is -2.12. The van der Waals surface area contributed by atoms with Gasteiger partial charge in [0.25, 0.3) is 0 Å². The summed E-state index contributed by atoms with van der Waals surface area (Å²) in [5.41, 5.74) is 0.0680. The number of aromatic nitrogens is 1. The van der Waals surface area contributed by atoms with Crippen molar-refractivity contribution in [2.45, 2.75) is 38.6 Å². The van der Waals surface area contributed by atoms with Crippen molar-refractivity contribution in [3.05, 3.63) is 41.9 Å². The van der Waals surface area contributed by atoms with Crippen LogP contribution < -0.4 is 5.32 Å². The van der Waals surface area contributed by atoms with Gasteiger partial charge in [-0.25, -0.2) is 18.6 Å². The Kier molecular flexibility index (Phi) is 6.21. The highest BCUT2D eigenvalue weighted by molar-refractivity contribution is 5.83. The quantitative estimate of drug-likeness (QED) is 0.762. The van der Waals surface area contributed by atoms with Crippen molar-refractivity contribution < 1.29 is 27.9 Å². The van der Waals surface area contributed by atoms with Gasteiger partial charge in [0, 0.05) is 18.9 Å². The number of hydrogen-bond acceptors (Lipinski definition) is 4.